The summed E-state index contributed by atoms with van der Waals surface area (Å²) < 4.78 is 28.6. The van der Waals surface area contributed by atoms with Gasteiger partial charge in [-0.25, -0.2) is 0 Å². The number of fused-ring (bicyclic) bond motifs is 4. The summed E-state index contributed by atoms with van der Waals surface area (Å²) in [6.45, 7) is 0. The molecule has 0 saturated carbocycles. The molecule has 2 aromatic heterocycles. The first-order valence-electron chi connectivity index (χ1n) is 15.1. The predicted octanol–water partition coefficient (Wildman–Crippen LogP) is 9.00. The SMILES string of the molecule is O=P12c3cc(-c4ccc(-c5cccnc5)cc4)ccc3Oc3cccc(c31)Oc1ccc(-c3ccc(-c4cccnc4)cc3)cc12. The van der Waals surface area contributed by atoms with E-state index in [1.165, 1.54) is 0 Å². The van der Waals surface area contributed by atoms with Gasteiger partial charge in [0.2, 0.25) is 0 Å². The largest absolute Gasteiger partial charge is 0.456 e. The summed E-state index contributed by atoms with van der Waals surface area (Å²) in [7, 11) is -3.39. The van der Waals surface area contributed by atoms with E-state index in [9.17, 15) is 0 Å². The predicted molar refractivity (Wildman–Crippen MR) is 183 cm³/mol. The van der Waals surface area contributed by atoms with Gasteiger partial charge in [0, 0.05) is 24.8 Å². The van der Waals surface area contributed by atoms with E-state index in [0.29, 0.717) is 38.9 Å². The molecule has 4 heterocycles. The van der Waals surface area contributed by atoms with Crippen LogP contribution in [0.1, 0.15) is 0 Å². The Hall–Kier alpha value is -5.77. The van der Waals surface area contributed by atoms with Gasteiger partial charge in [0.15, 0.2) is 7.14 Å². The summed E-state index contributed by atoms with van der Waals surface area (Å²) in [4.78, 5) is 8.50. The molecule has 0 unspecified atom stereocenters. The molecule has 7 aromatic rings. The molecule has 5 aromatic carbocycles. The zero-order valence-electron chi connectivity index (χ0n) is 24.5. The number of ether oxygens (including phenoxy) is 2. The van der Waals surface area contributed by atoms with E-state index in [4.69, 9.17) is 9.47 Å². The number of rotatable bonds is 4. The lowest BCUT2D eigenvalue weighted by molar-refractivity contribution is 0.462. The topological polar surface area (TPSA) is 61.3 Å². The van der Waals surface area contributed by atoms with Gasteiger partial charge in [-0.1, -0.05) is 78.9 Å². The summed E-state index contributed by atoms with van der Waals surface area (Å²) in [5.41, 5.74) is 8.27. The molecule has 0 N–H and O–H groups in total. The van der Waals surface area contributed by atoms with Crippen molar-refractivity contribution in [1.29, 1.82) is 0 Å². The van der Waals surface area contributed by atoms with Crippen LogP contribution < -0.4 is 25.4 Å². The molecule has 0 bridgehead atoms. The second-order valence-corrected chi connectivity index (χ2v) is 14.0. The van der Waals surface area contributed by atoms with Gasteiger partial charge in [-0.2, -0.15) is 0 Å². The van der Waals surface area contributed by atoms with Crippen LogP contribution in [0.3, 0.4) is 0 Å². The fraction of sp³-hybridized carbons (Fsp3) is 0. The van der Waals surface area contributed by atoms with Crippen molar-refractivity contribution in [3.05, 3.63) is 152 Å². The van der Waals surface area contributed by atoms with Crippen molar-refractivity contribution >= 4 is 23.1 Å². The normalized spacial score (nSPS) is 13.4. The Morgan fingerprint density at radius 2 is 0.826 bits per heavy atom. The summed E-state index contributed by atoms with van der Waals surface area (Å²) in [6, 6.07) is 42.3. The van der Waals surface area contributed by atoms with Gasteiger partial charge < -0.3 is 14.0 Å². The van der Waals surface area contributed by atoms with E-state index in [2.05, 4.69) is 58.5 Å². The van der Waals surface area contributed by atoms with Crippen LogP contribution in [-0.4, -0.2) is 9.97 Å². The van der Waals surface area contributed by atoms with Gasteiger partial charge in [0.1, 0.15) is 28.3 Å². The van der Waals surface area contributed by atoms with Crippen LogP contribution in [0.15, 0.2) is 152 Å². The van der Waals surface area contributed by atoms with Gasteiger partial charge in [0.05, 0.1) is 10.6 Å². The Kier molecular flexibility index (Phi) is 6.02. The molecule has 0 saturated heterocycles. The van der Waals surface area contributed by atoms with E-state index in [-0.39, 0.29) is 0 Å². The van der Waals surface area contributed by atoms with E-state index in [1.54, 1.807) is 12.4 Å². The van der Waals surface area contributed by atoms with Crippen LogP contribution in [0, 0.1) is 0 Å². The first-order valence-corrected chi connectivity index (χ1v) is 16.8. The maximum absolute atomic E-state index is 15.8. The third-order valence-electron chi connectivity index (χ3n) is 8.74. The van der Waals surface area contributed by atoms with Crippen molar-refractivity contribution in [2.24, 2.45) is 0 Å². The quantitative estimate of drug-likeness (QED) is 0.186. The molecule has 0 radical (unpaired) electrons. The van der Waals surface area contributed by atoms with E-state index in [1.807, 2.05) is 91.3 Å². The van der Waals surface area contributed by atoms with Crippen molar-refractivity contribution in [2.45, 2.75) is 0 Å². The Morgan fingerprint density at radius 1 is 0.413 bits per heavy atom. The second-order valence-electron chi connectivity index (χ2n) is 11.4. The lowest BCUT2D eigenvalue weighted by Crippen LogP contribution is -2.35. The van der Waals surface area contributed by atoms with Crippen molar-refractivity contribution < 1.29 is 14.0 Å². The van der Waals surface area contributed by atoms with Crippen molar-refractivity contribution in [3.63, 3.8) is 0 Å². The smallest absolute Gasteiger partial charge is 0.185 e. The van der Waals surface area contributed by atoms with Crippen LogP contribution in [-0.2, 0) is 4.57 Å². The molecule has 0 fully saturated rings. The Bertz CT molecular complexity index is 2160. The molecular formula is C40H25N2O3P. The van der Waals surface area contributed by atoms with Crippen LogP contribution >= 0.6 is 7.14 Å². The molecule has 5 nitrogen and oxygen atoms in total. The second kappa shape index (κ2) is 10.4. The minimum absolute atomic E-state index is 0.568. The highest BCUT2D eigenvalue weighted by atomic mass is 31.2. The third kappa shape index (κ3) is 4.21. The maximum atomic E-state index is 15.8. The van der Waals surface area contributed by atoms with E-state index >= 15 is 4.57 Å². The monoisotopic (exact) mass is 612 g/mol. The molecule has 0 spiro atoms. The van der Waals surface area contributed by atoms with Gasteiger partial charge in [-0.3, -0.25) is 9.97 Å². The first kappa shape index (κ1) is 26.6. The lowest BCUT2D eigenvalue weighted by Gasteiger charge is -2.35. The van der Waals surface area contributed by atoms with E-state index < -0.39 is 7.14 Å². The molecule has 46 heavy (non-hydrogen) atoms. The number of aromatic nitrogens is 2. The van der Waals surface area contributed by atoms with Crippen LogP contribution in [0.4, 0.5) is 0 Å². The maximum Gasteiger partial charge on any atom is 0.185 e. The zero-order valence-corrected chi connectivity index (χ0v) is 25.4. The molecule has 0 amide bonds. The van der Waals surface area contributed by atoms with E-state index in [0.717, 1.165) is 44.5 Å². The summed E-state index contributed by atoms with van der Waals surface area (Å²) in [5.74, 6) is 2.34. The average molecular weight is 613 g/mol. The van der Waals surface area contributed by atoms with Crippen molar-refractivity contribution in [1.82, 2.24) is 9.97 Å². The van der Waals surface area contributed by atoms with Crippen molar-refractivity contribution in [2.75, 3.05) is 0 Å². The lowest BCUT2D eigenvalue weighted by atomic mass is 10.0. The summed E-state index contributed by atoms with van der Waals surface area (Å²) in [5, 5.41) is 1.97. The minimum atomic E-state index is -3.39. The summed E-state index contributed by atoms with van der Waals surface area (Å²) >= 11 is 0. The van der Waals surface area contributed by atoms with Gasteiger partial charge in [-0.15, -0.1) is 0 Å². The zero-order chi connectivity index (χ0) is 30.7. The van der Waals surface area contributed by atoms with Crippen LogP contribution in [0.25, 0.3) is 44.5 Å². The summed E-state index contributed by atoms with van der Waals surface area (Å²) in [6.07, 6.45) is 7.26. The van der Waals surface area contributed by atoms with Gasteiger partial charge in [-0.05, 0) is 93.0 Å². The molecule has 6 heteroatoms. The average Bonchev–Trinajstić information content (AvgIpc) is 3.12. The van der Waals surface area contributed by atoms with Gasteiger partial charge >= 0.3 is 0 Å². The van der Waals surface area contributed by atoms with Crippen molar-refractivity contribution in [3.8, 4) is 67.5 Å². The van der Waals surface area contributed by atoms with Crippen LogP contribution in [0.5, 0.6) is 23.0 Å². The number of pyridine rings is 2. The Morgan fingerprint density at radius 3 is 1.24 bits per heavy atom. The highest BCUT2D eigenvalue weighted by Crippen LogP contribution is 2.59. The highest BCUT2D eigenvalue weighted by Gasteiger charge is 2.46. The fourth-order valence-corrected chi connectivity index (χ4v) is 9.53. The Balaban J connectivity index is 1.16. The fourth-order valence-electron chi connectivity index (χ4n) is 6.42. The van der Waals surface area contributed by atoms with Gasteiger partial charge in [0.25, 0.3) is 0 Å². The molecule has 9 rings (SSSR count). The number of nitrogens with zero attached hydrogens (tertiary/aromatic N) is 2. The molecule has 0 aliphatic carbocycles. The third-order valence-corrected chi connectivity index (χ3v) is 11.9. The standard InChI is InChI=1S/C40H25N2O3P/c43-46-38-22-30(26-8-12-28(13-9-26)32-4-2-20-41-24-32)16-18-34(38)44-36-6-1-7-37(40(36)46)45-35-19-17-31(23-39(35)46)27-10-14-29(15-11-27)33-5-3-21-42-25-33/h1-25H. The first-order chi connectivity index (χ1) is 22.6. The number of hydrogen-bond acceptors (Lipinski definition) is 5. The minimum Gasteiger partial charge on any atom is -0.456 e. The number of hydrogen-bond donors (Lipinski definition) is 0. The molecular weight excluding hydrogens is 587 g/mol. The molecule has 0 atom stereocenters. The van der Waals surface area contributed by atoms with Crippen LogP contribution in [0.2, 0.25) is 0 Å². The molecule has 218 valence electrons. The highest BCUT2D eigenvalue weighted by molar-refractivity contribution is 7.86. The number of benzene rings is 5. The molecule has 2 aliphatic rings. The Labute approximate surface area is 266 Å². The molecule has 2 aliphatic heterocycles.